The Morgan fingerprint density at radius 3 is 2.15 bits per heavy atom. The number of benzene rings is 3. The van der Waals surface area contributed by atoms with E-state index in [-0.39, 0.29) is 23.3 Å². The summed E-state index contributed by atoms with van der Waals surface area (Å²) in [7, 11) is -4.11. The monoisotopic (exact) mass is 603 g/mol. The molecule has 1 N–H and O–H groups in total. The molecule has 3 aromatic rings. The van der Waals surface area contributed by atoms with Crippen molar-refractivity contribution in [3.8, 4) is 0 Å². The Kier molecular flexibility index (Phi) is 11.0. The third kappa shape index (κ3) is 7.99. The van der Waals surface area contributed by atoms with Crippen molar-refractivity contribution in [2.24, 2.45) is 5.92 Å². The summed E-state index contributed by atoms with van der Waals surface area (Å²) in [6.45, 7) is 7.46. The molecule has 3 rings (SSSR count). The lowest BCUT2D eigenvalue weighted by molar-refractivity contribution is -0.139. The molecule has 0 fully saturated rings. The smallest absolute Gasteiger partial charge is 0.264 e. The molecule has 0 aliphatic rings. The Balaban J connectivity index is 2.02. The molecule has 1 atom stereocenters. The second kappa shape index (κ2) is 14.0. The summed E-state index contributed by atoms with van der Waals surface area (Å²) in [5, 5.41) is 3.63. The molecule has 0 aliphatic carbocycles. The lowest BCUT2D eigenvalue weighted by atomic mass is 10.1. The average Bonchev–Trinajstić information content (AvgIpc) is 2.94. The Labute approximate surface area is 247 Å². The Bertz CT molecular complexity index is 1410. The fourth-order valence-corrected chi connectivity index (χ4v) is 5.92. The van der Waals surface area contributed by atoms with E-state index in [1.54, 1.807) is 55.5 Å². The van der Waals surface area contributed by atoms with Crippen molar-refractivity contribution in [3.05, 3.63) is 94.0 Å². The van der Waals surface area contributed by atoms with Gasteiger partial charge in [0.1, 0.15) is 12.6 Å². The number of rotatable bonds is 12. The topological polar surface area (TPSA) is 86.8 Å². The van der Waals surface area contributed by atoms with Crippen LogP contribution in [0.2, 0.25) is 10.0 Å². The number of aryl methyl sites for hydroxylation is 1. The normalized spacial score (nSPS) is 12.2. The van der Waals surface area contributed by atoms with Crippen LogP contribution in [0.4, 0.5) is 5.69 Å². The van der Waals surface area contributed by atoms with E-state index < -0.39 is 28.5 Å². The van der Waals surface area contributed by atoms with Gasteiger partial charge in [-0.2, -0.15) is 0 Å². The highest BCUT2D eigenvalue weighted by molar-refractivity contribution is 7.92. The number of carbonyl (C=O) groups is 2. The van der Waals surface area contributed by atoms with Crippen molar-refractivity contribution in [1.82, 2.24) is 10.2 Å². The summed E-state index contributed by atoms with van der Waals surface area (Å²) in [6, 6.07) is 19.0. The Morgan fingerprint density at radius 2 is 1.57 bits per heavy atom. The number of nitrogens with one attached hydrogen (secondary N) is 1. The fourth-order valence-electron chi connectivity index (χ4n) is 4.01. The summed E-state index contributed by atoms with van der Waals surface area (Å²) >= 11 is 12.5. The van der Waals surface area contributed by atoms with Crippen molar-refractivity contribution < 1.29 is 18.0 Å². The van der Waals surface area contributed by atoms with Gasteiger partial charge < -0.3 is 10.2 Å². The molecule has 0 heterocycles. The van der Waals surface area contributed by atoms with Gasteiger partial charge in [0.2, 0.25) is 11.8 Å². The molecule has 2 amide bonds. The SMILES string of the molecule is CCc1ccc(N(CC(=O)N(Cc2ccc(Cl)cc2Cl)[C@@H](C)C(=O)NCC(C)C)S(=O)(=O)c2ccccc2)cc1. The van der Waals surface area contributed by atoms with Crippen molar-refractivity contribution in [2.75, 3.05) is 17.4 Å². The van der Waals surface area contributed by atoms with Gasteiger partial charge in [0.25, 0.3) is 10.0 Å². The van der Waals surface area contributed by atoms with Gasteiger partial charge in [-0.15, -0.1) is 0 Å². The molecule has 0 aliphatic heterocycles. The first kappa shape index (κ1) is 31.5. The van der Waals surface area contributed by atoms with Gasteiger partial charge in [-0.05, 0) is 66.8 Å². The number of hydrogen-bond donors (Lipinski definition) is 1. The van der Waals surface area contributed by atoms with Crippen LogP contribution >= 0.6 is 23.2 Å². The van der Waals surface area contributed by atoms with Gasteiger partial charge in [0.15, 0.2) is 0 Å². The number of hydrogen-bond acceptors (Lipinski definition) is 4. The van der Waals surface area contributed by atoms with Gasteiger partial charge in [0.05, 0.1) is 10.6 Å². The van der Waals surface area contributed by atoms with Gasteiger partial charge >= 0.3 is 0 Å². The van der Waals surface area contributed by atoms with Crippen molar-refractivity contribution in [3.63, 3.8) is 0 Å². The molecule has 0 radical (unpaired) electrons. The first-order chi connectivity index (χ1) is 18.9. The van der Waals surface area contributed by atoms with Crippen LogP contribution in [0.15, 0.2) is 77.7 Å². The maximum atomic E-state index is 14.0. The number of amides is 2. The number of anilines is 1. The lowest BCUT2D eigenvalue weighted by Crippen LogP contribution is -2.51. The Morgan fingerprint density at radius 1 is 0.925 bits per heavy atom. The van der Waals surface area contributed by atoms with Crippen LogP contribution in [0.5, 0.6) is 0 Å². The van der Waals surface area contributed by atoms with E-state index >= 15 is 0 Å². The molecule has 214 valence electrons. The first-order valence-electron chi connectivity index (χ1n) is 13.1. The van der Waals surface area contributed by atoms with Gasteiger partial charge in [0, 0.05) is 23.1 Å². The van der Waals surface area contributed by atoms with Crippen LogP contribution in [-0.2, 0) is 32.6 Å². The van der Waals surface area contributed by atoms with Crippen LogP contribution < -0.4 is 9.62 Å². The van der Waals surface area contributed by atoms with E-state index in [2.05, 4.69) is 5.32 Å². The molecule has 3 aromatic carbocycles. The summed E-state index contributed by atoms with van der Waals surface area (Å²) in [5.74, 6) is -0.696. The summed E-state index contributed by atoms with van der Waals surface area (Å²) in [5.41, 5.74) is 1.95. The quantitative estimate of drug-likeness (QED) is 0.277. The molecule has 40 heavy (non-hydrogen) atoms. The number of halogens is 2. The van der Waals surface area contributed by atoms with E-state index in [4.69, 9.17) is 23.2 Å². The number of sulfonamides is 1. The van der Waals surface area contributed by atoms with Crippen LogP contribution in [-0.4, -0.2) is 44.3 Å². The number of carbonyl (C=O) groups excluding carboxylic acids is 2. The molecule has 0 saturated heterocycles. The third-order valence-electron chi connectivity index (χ3n) is 6.45. The molecule has 7 nitrogen and oxygen atoms in total. The van der Waals surface area contributed by atoms with Crippen LogP contribution in [0.25, 0.3) is 0 Å². The molecule has 0 spiro atoms. The fraction of sp³-hybridized carbons (Fsp3) is 0.333. The van der Waals surface area contributed by atoms with Crippen molar-refractivity contribution in [1.29, 1.82) is 0 Å². The highest BCUT2D eigenvalue weighted by atomic mass is 35.5. The third-order valence-corrected chi connectivity index (χ3v) is 8.83. The molecule has 0 aromatic heterocycles. The lowest BCUT2D eigenvalue weighted by Gasteiger charge is -2.32. The minimum atomic E-state index is -4.11. The van der Waals surface area contributed by atoms with Gasteiger partial charge in [-0.1, -0.05) is 80.4 Å². The summed E-state index contributed by atoms with van der Waals surface area (Å²) < 4.78 is 28.7. The van der Waals surface area contributed by atoms with E-state index in [1.807, 2.05) is 32.9 Å². The minimum absolute atomic E-state index is 0.0148. The molecular formula is C30H35Cl2N3O4S. The van der Waals surface area contributed by atoms with Gasteiger partial charge in [-0.3, -0.25) is 13.9 Å². The predicted octanol–water partition coefficient (Wildman–Crippen LogP) is 5.94. The van der Waals surface area contributed by atoms with Crippen molar-refractivity contribution in [2.45, 2.75) is 51.6 Å². The van der Waals surface area contributed by atoms with E-state index in [9.17, 15) is 18.0 Å². The maximum absolute atomic E-state index is 14.0. The molecule has 0 unspecified atom stereocenters. The molecular weight excluding hydrogens is 569 g/mol. The zero-order valence-electron chi connectivity index (χ0n) is 23.1. The molecule has 10 heteroatoms. The average molecular weight is 605 g/mol. The standard InChI is InChI=1S/C30H35Cl2N3O4S/c1-5-23-11-15-26(16-12-23)35(40(38,39)27-9-7-6-8-10-27)20-29(36)34(22(4)30(37)33-18-21(2)3)19-24-13-14-25(31)17-28(24)32/h6-17,21-22H,5,18-20H2,1-4H3,(H,33,37)/t22-/m0/s1. The van der Waals surface area contributed by atoms with E-state index in [0.29, 0.717) is 27.8 Å². The van der Waals surface area contributed by atoms with Crippen LogP contribution in [0, 0.1) is 5.92 Å². The zero-order valence-corrected chi connectivity index (χ0v) is 25.4. The first-order valence-corrected chi connectivity index (χ1v) is 15.3. The van der Waals surface area contributed by atoms with Crippen molar-refractivity contribution >= 4 is 50.7 Å². The second-order valence-electron chi connectivity index (χ2n) is 9.92. The van der Waals surface area contributed by atoms with E-state index in [0.717, 1.165) is 16.3 Å². The predicted molar refractivity (Wildman–Crippen MR) is 161 cm³/mol. The molecule has 0 saturated carbocycles. The zero-order chi connectivity index (χ0) is 29.4. The Hall–Kier alpha value is -3.07. The maximum Gasteiger partial charge on any atom is 0.264 e. The van der Waals surface area contributed by atoms with Crippen LogP contribution in [0.3, 0.4) is 0 Å². The second-order valence-corrected chi connectivity index (χ2v) is 12.6. The highest BCUT2D eigenvalue weighted by Crippen LogP contribution is 2.27. The van der Waals surface area contributed by atoms with Gasteiger partial charge in [-0.25, -0.2) is 8.42 Å². The summed E-state index contributed by atoms with van der Waals surface area (Å²) in [4.78, 5) is 28.4. The largest absolute Gasteiger partial charge is 0.354 e. The number of nitrogens with zero attached hydrogens (tertiary/aromatic N) is 2. The van der Waals surface area contributed by atoms with Crippen LogP contribution in [0.1, 0.15) is 38.8 Å². The van der Waals surface area contributed by atoms with E-state index in [1.165, 1.54) is 17.0 Å². The molecule has 0 bridgehead atoms. The summed E-state index contributed by atoms with van der Waals surface area (Å²) in [6.07, 6.45) is 0.781. The highest BCUT2D eigenvalue weighted by Gasteiger charge is 2.32. The minimum Gasteiger partial charge on any atom is -0.354 e.